The molecule has 150 valence electrons. The van der Waals surface area contributed by atoms with Gasteiger partial charge in [0, 0.05) is 0 Å². The fourth-order valence-corrected chi connectivity index (χ4v) is 2.50. The smallest absolute Gasteiger partial charge is 0.276 e. The molecule has 0 atom stereocenters. The number of rotatable bonds is 8. The maximum absolute atomic E-state index is 12.1. The molecule has 0 unspecified atom stereocenters. The van der Waals surface area contributed by atoms with Crippen molar-refractivity contribution in [1.29, 1.82) is 0 Å². The van der Waals surface area contributed by atoms with Crippen LogP contribution in [0.5, 0.6) is 23.0 Å². The molecule has 0 aliphatic rings. The summed E-state index contributed by atoms with van der Waals surface area (Å²) < 4.78 is 21.2. The predicted molar refractivity (Wildman–Crippen MR) is 103 cm³/mol. The van der Waals surface area contributed by atoms with E-state index in [-0.39, 0.29) is 13.0 Å². The Kier molecular flexibility index (Phi) is 7.50. The van der Waals surface area contributed by atoms with E-state index in [1.165, 1.54) is 21.3 Å². The van der Waals surface area contributed by atoms with Crippen LogP contribution in [0.1, 0.15) is 11.1 Å². The van der Waals surface area contributed by atoms with Crippen LogP contribution >= 0.6 is 0 Å². The van der Waals surface area contributed by atoms with Crippen LogP contribution < -0.4 is 29.8 Å². The van der Waals surface area contributed by atoms with Crippen molar-refractivity contribution in [3.63, 3.8) is 0 Å². The van der Waals surface area contributed by atoms with Crippen molar-refractivity contribution >= 4 is 11.8 Å². The van der Waals surface area contributed by atoms with Crippen molar-refractivity contribution in [2.45, 2.75) is 13.3 Å². The Hall–Kier alpha value is -3.42. The van der Waals surface area contributed by atoms with Crippen molar-refractivity contribution in [2.24, 2.45) is 0 Å². The molecule has 0 aromatic heterocycles. The van der Waals surface area contributed by atoms with Gasteiger partial charge in [-0.1, -0.05) is 18.2 Å². The van der Waals surface area contributed by atoms with Gasteiger partial charge in [-0.25, -0.2) is 0 Å². The lowest BCUT2D eigenvalue weighted by molar-refractivity contribution is -0.129. The number of hydrogen-bond acceptors (Lipinski definition) is 6. The lowest BCUT2D eigenvalue weighted by atomic mass is 10.1. The second-order valence-electron chi connectivity index (χ2n) is 5.86. The number of para-hydroxylation sites is 1. The Balaban J connectivity index is 1.88. The second-order valence-corrected chi connectivity index (χ2v) is 5.86. The highest BCUT2D eigenvalue weighted by molar-refractivity contribution is 5.84. The average molecular weight is 388 g/mol. The molecule has 2 aromatic rings. The van der Waals surface area contributed by atoms with Crippen LogP contribution in [0.4, 0.5) is 0 Å². The third-order valence-corrected chi connectivity index (χ3v) is 3.88. The normalized spacial score (nSPS) is 10.0. The van der Waals surface area contributed by atoms with E-state index in [2.05, 4.69) is 10.9 Å². The molecule has 8 heteroatoms. The van der Waals surface area contributed by atoms with Crippen LogP contribution in [-0.4, -0.2) is 39.8 Å². The summed E-state index contributed by atoms with van der Waals surface area (Å²) in [6.45, 7) is 1.67. The fraction of sp³-hybridized carbons (Fsp3) is 0.300. The molecule has 28 heavy (non-hydrogen) atoms. The summed E-state index contributed by atoms with van der Waals surface area (Å²) in [5.41, 5.74) is 6.23. The van der Waals surface area contributed by atoms with E-state index in [1.54, 1.807) is 18.2 Å². The molecule has 0 spiro atoms. The standard InChI is InChI=1S/C20H24N2O6/c1-13-7-5-6-8-15(13)28-12-19(24)22-21-18(23)11-14-9-16(25-2)20(27-4)17(10-14)26-3/h5-10H,11-12H2,1-4H3,(H,21,23)(H,22,24). The SMILES string of the molecule is COc1cc(CC(=O)NNC(=O)COc2ccccc2C)cc(OC)c1OC. The van der Waals surface area contributed by atoms with Crippen molar-refractivity contribution in [3.8, 4) is 23.0 Å². The van der Waals surface area contributed by atoms with Gasteiger partial charge in [-0.2, -0.15) is 0 Å². The van der Waals surface area contributed by atoms with Gasteiger partial charge >= 0.3 is 0 Å². The summed E-state index contributed by atoms with van der Waals surface area (Å²) in [4.78, 5) is 24.0. The molecular weight excluding hydrogens is 364 g/mol. The number of methoxy groups -OCH3 is 3. The van der Waals surface area contributed by atoms with Gasteiger partial charge in [-0.15, -0.1) is 0 Å². The molecular formula is C20H24N2O6. The number of hydrogen-bond donors (Lipinski definition) is 2. The largest absolute Gasteiger partial charge is 0.493 e. The lowest BCUT2D eigenvalue weighted by Crippen LogP contribution is -2.44. The molecule has 2 aromatic carbocycles. The van der Waals surface area contributed by atoms with Gasteiger partial charge in [0.25, 0.3) is 5.91 Å². The third-order valence-electron chi connectivity index (χ3n) is 3.88. The summed E-state index contributed by atoms with van der Waals surface area (Å²) in [5.74, 6) is 1.07. The van der Waals surface area contributed by atoms with E-state index >= 15 is 0 Å². The molecule has 0 radical (unpaired) electrons. The highest BCUT2D eigenvalue weighted by Crippen LogP contribution is 2.38. The number of benzene rings is 2. The topological polar surface area (TPSA) is 95.1 Å². The van der Waals surface area contributed by atoms with Gasteiger partial charge in [-0.3, -0.25) is 20.4 Å². The highest BCUT2D eigenvalue weighted by Gasteiger charge is 2.15. The van der Waals surface area contributed by atoms with Crippen LogP contribution in [0.25, 0.3) is 0 Å². The quantitative estimate of drug-likeness (QED) is 0.670. The van der Waals surface area contributed by atoms with E-state index < -0.39 is 11.8 Å². The summed E-state index contributed by atoms with van der Waals surface area (Å²) in [6.07, 6.45) is 0.00957. The van der Waals surface area contributed by atoms with Gasteiger partial charge in [-0.05, 0) is 36.2 Å². The maximum Gasteiger partial charge on any atom is 0.276 e. The molecule has 0 aliphatic carbocycles. The first kappa shape index (κ1) is 20.9. The molecule has 0 heterocycles. The van der Waals surface area contributed by atoms with E-state index in [9.17, 15) is 9.59 Å². The first-order chi connectivity index (χ1) is 13.5. The van der Waals surface area contributed by atoms with Crippen LogP contribution in [0.15, 0.2) is 36.4 Å². The zero-order chi connectivity index (χ0) is 20.5. The van der Waals surface area contributed by atoms with Crippen LogP contribution in [0.3, 0.4) is 0 Å². The van der Waals surface area contributed by atoms with Gasteiger partial charge in [0.1, 0.15) is 5.75 Å². The maximum atomic E-state index is 12.1. The lowest BCUT2D eigenvalue weighted by Gasteiger charge is -2.14. The van der Waals surface area contributed by atoms with Gasteiger partial charge in [0.05, 0.1) is 27.8 Å². The van der Waals surface area contributed by atoms with E-state index in [0.29, 0.717) is 28.6 Å². The molecule has 0 saturated heterocycles. The predicted octanol–water partition coefficient (Wildman–Crippen LogP) is 1.79. The Labute approximate surface area is 163 Å². The Bertz CT molecular complexity index is 812. The molecule has 2 amide bonds. The summed E-state index contributed by atoms with van der Waals surface area (Å²) in [7, 11) is 4.49. The number of amides is 2. The van der Waals surface area contributed by atoms with Crippen molar-refractivity contribution in [1.82, 2.24) is 10.9 Å². The number of hydrazine groups is 1. The second kappa shape index (κ2) is 10.1. The molecule has 2 N–H and O–H groups in total. The number of carbonyl (C=O) groups excluding carboxylic acids is 2. The number of carbonyl (C=O) groups is 2. The van der Waals surface area contributed by atoms with Crippen LogP contribution in [-0.2, 0) is 16.0 Å². The van der Waals surface area contributed by atoms with E-state index in [4.69, 9.17) is 18.9 Å². The summed E-state index contributed by atoms with van der Waals surface area (Å²) in [6, 6.07) is 10.7. The summed E-state index contributed by atoms with van der Waals surface area (Å²) >= 11 is 0. The molecule has 8 nitrogen and oxygen atoms in total. The van der Waals surface area contributed by atoms with Crippen molar-refractivity contribution in [2.75, 3.05) is 27.9 Å². The Morgan fingerprint density at radius 1 is 0.857 bits per heavy atom. The minimum absolute atomic E-state index is 0.00957. The zero-order valence-electron chi connectivity index (χ0n) is 16.3. The van der Waals surface area contributed by atoms with E-state index in [1.807, 2.05) is 25.1 Å². The molecule has 2 rings (SSSR count). The molecule has 0 fully saturated rings. The first-order valence-corrected chi connectivity index (χ1v) is 8.53. The number of nitrogens with one attached hydrogen (secondary N) is 2. The molecule has 0 bridgehead atoms. The fourth-order valence-electron chi connectivity index (χ4n) is 2.50. The van der Waals surface area contributed by atoms with Crippen LogP contribution in [0.2, 0.25) is 0 Å². The first-order valence-electron chi connectivity index (χ1n) is 8.53. The zero-order valence-corrected chi connectivity index (χ0v) is 16.3. The van der Waals surface area contributed by atoms with Gasteiger partial charge in [0.2, 0.25) is 11.7 Å². The summed E-state index contributed by atoms with van der Waals surface area (Å²) in [5, 5.41) is 0. The molecule has 0 aliphatic heterocycles. The third kappa shape index (κ3) is 5.54. The van der Waals surface area contributed by atoms with Crippen LogP contribution in [0, 0.1) is 6.92 Å². The Morgan fingerprint density at radius 2 is 1.46 bits per heavy atom. The number of aryl methyl sites for hydroxylation is 1. The molecule has 0 saturated carbocycles. The minimum Gasteiger partial charge on any atom is -0.493 e. The monoisotopic (exact) mass is 388 g/mol. The van der Waals surface area contributed by atoms with E-state index in [0.717, 1.165) is 5.56 Å². The van der Waals surface area contributed by atoms with Crippen molar-refractivity contribution < 1.29 is 28.5 Å². The van der Waals surface area contributed by atoms with Crippen molar-refractivity contribution in [3.05, 3.63) is 47.5 Å². The average Bonchev–Trinajstić information content (AvgIpc) is 2.70. The van der Waals surface area contributed by atoms with Gasteiger partial charge in [0.15, 0.2) is 18.1 Å². The Morgan fingerprint density at radius 3 is 2.04 bits per heavy atom. The highest BCUT2D eigenvalue weighted by atomic mass is 16.5. The minimum atomic E-state index is -0.471. The van der Waals surface area contributed by atoms with Gasteiger partial charge < -0.3 is 18.9 Å². The number of ether oxygens (including phenoxy) is 4.